The highest BCUT2D eigenvalue weighted by molar-refractivity contribution is 6.03. The van der Waals surface area contributed by atoms with E-state index >= 15 is 0 Å². The third kappa shape index (κ3) is 5.46. The molecule has 1 saturated heterocycles. The number of imidazole rings is 1. The number of aromatic nitrogens is 3. The van der Waals surface area contributed by atoms with Crippen molar-refractivity contribution in [2.45, 2.75) is 90.8 Å². The average molecular weight is 452 g/mol. The molecule has 0 bridgehead atoms. The highest BCUT2D eigenvalue weighted by Crippen LogP contribution is 2.44. The van der Waals surface area contributed by atoms with E-state index in [1.54, 1.807) is 0 Å². The number of allylic oxidation sites excluding steroid dienone is 2. The van der Waals surface area contributed by atoms with Crippen LogP contribution in [0.15, 0.2) is 24.4 Å². The van der Waals surface area contributed by atoms with E-state index in [0.717, 1.165) is 43.5 Å². The number of H-pyrrole nitrogens is 1. The summed E-state index contributed by atoms with van der Waals surface area (Å²) < 4.78 is 6.29. The van der Waals surface area contributed by atoms with E-state index < -0.39 is 0 Å². The maximum Gasteiger partial charge on any atom is 0.291 e. The molecule has 7 heteroatoms. The summed E-state index contributed by atoms with van der Waals surface area (Å²) in [6.07, 6.45) is 8.63. The van der Waals surface area contributed by atoms with Gasteiger partial charge in [0.05, 0.1) is 22.6 Å². The number of carbonyl (C=O) groups is 1. The summed E-state index contributed by atoms with van der Waals surface area (Å²) >= 11 is 0. The summed E-state index contributed by atoms with van der Waals surface area (Å²) in [5.41, 5.74) is 9.34. The van der Waals surface area contributed by atoms with Crippen LogP contribution >= 0.6 is 0 Å². The minimum absolute atomic E-state index is 0.189. The SMILES string of the molecule is CC1(C)CC=C(c2nc(C3CC(C)(C)OC(C)(C)C3)ccc2NC(=O)c2nc(N)c[nH]2)CC1. The molecule has 2 aromatic rings. The van der Waals surface area contributed by atoms with E-state index in [1.807, 2.05) is 12.1 Å². The van der Waals surface area contributed by atoms with Crippen molar-refractivity contribution in [2.75, 3.05) is 11.1 Å². The molecule has 0 spiro atoms. The molecule has 1 fully saturated rings. The maximum absolute atomic E-state index is 12.8. The van der Waals surface area contributed by atoms with Crippen molar-refractivity contribution in [3.05, 3.63) is 41.6 Å². The van der Waals surface area contributed by atoms with Gasteiger partial charge in [0.2, 0.25) is 0 Å². The standard InChI is InChI=1S/C26H37N5O2/c1-24(2)11-9-16(10-12-24)21-19(30-23(32)22-28-15-20(27)31-22)8-7-18(29-21)17-13-25(3,4)33-26(5,6)14-17/h7-9,15,17H,10-14,27H2,1-6H3,(H,28,31)(H,30,32). The Hall–Kier alpha value is -2.67. The molecule has 0 radical (unpaired) electrons. The summed E-state index contributed by atoms with van der Waals surface area (Å²) in [5, 5.41) is 3.00. The molecule has 0 aromatic carbocycles. The number of amides is 1. The number of anilines is 2. The second-order valence-electron chi connectivity index (χ2n) is 11.6. The van der Waals surface area contributed by atoms with Crippen LogP contribution in [0.4, 0.5) is 11.5 Å². The number of aromatic amines is 1. The first-order valence-electron chi connectivity index (χ1n) is 11.9. The number of carbonyl (C=O) groups excluding carboxylic acids is 1. The van der Waals surface area contributed by atoms with Gasteiger partial charge in [-0.25, -0.2) is 4.98 Å². The lowest BCUT2D eigenvalue weighted by atomic mass is 9.77. The van der Waals surface area contributed by atoms with Crippen molar-refractivity contribution in [1.29, 1.82) is 0 Å². The predicted octanol–water partition coefficient (Wildman–Crippen LogP) is 5.68. The van der Waals surface area contributed by atoms with Crippen molar-refractivity contribution in [3.8, 4) is 0 Å². The normalized spacial score (nSPS) is 21.9. The molecule has 0 saturated carbocycles. The molecule has 178 valence electrons. The third-order valence-electron chi connectivity index (χ3n) is 6.70. The van der Waals surface area contributed by atoms with Gasteiger partial charge < -0.3 is 20.8 Å². The summed E-state index contributed by atoms with van der Waals surface area (Å²) in [5.74, 6) is 0.440. The zero-order valence-electron chi connectivity index (χ0n) is 20.7. The molecule has 2 aromatic heterocycles. The van der Waals surface area contributed by atoms with Crippen LogP contribution in [-0.2, 0) is 4.74 Å². The van der Waals surface area contributed by atoms with Gasteiger partial charge in [0.15, 0.2) is 5.82 Å². The van der Waals surface area contributed by atoms with Crippen molar-refractivity contribution < 1.29 is 9.53 Å². The lowest BCUT2D eigenvalue weighted by Gasteiger charge is -2.45. The Bertz CT molecular complexity index is 1060. The average Bonchev–Trinajstić information content (AvgIpc) is 3.12. The predicted molar refractivity (Wildman–Crippen MR) is 132 cm³/mol. The van der Waals surface area contributed by atoms with E-state index in [2.05, 4.69) is 62.9 Å². The van der Waals surface area contributed by atoms with Gasteiger partial charge in [0.25, 0.3) is 5.91 Å². The van der Waals surface area contributed by atoms with Crippen LogP contribution in [0.25, 0.3) is 5.57 Å². The molecule has 4 rings (SSSR count). The Kier molecular flexibility index (Phi) is 5.89. The van der Waals surface area contributed by atoms with Gasteiger partial charge in [-0.15, -0.1) is 0 Å². The fourth-order valence-corrected chi connectivity index (χ4v) is 5.27. The largest absolute Gasteiger partial charge is 0.382 e. The minimum Gasteiger partial charge on any atom is -0.382 e. The lowest BCUT2D eigenvalue weighted by molar-refractivity contribution is -0.162. The van der Waals surface area contributed by atoms with Gasteiger partial charge in [-0.3, -0.25) is 9.78 Å². The molecule has 3 heterocycles. The highest BCUT2D eigenvalue weighted by Gasteiger charge is 2.40. The van der Waals surface area contributed by atoms with E-state index in [0.29, 0.717) is 5.69 Å². The molecule has 0 unspecified atom stereocenters. The first-order chi connectivity index (χ1) is 15.3. The lowest BCUT2D eigenvalue weighted by Crippen LogP contribution is -2.44. The molecule has 1 aliphatic carbocycles. The highest BCUT2D eigenvalue weighted by atomic mass is 16.5. The molecule has 1 amide bonds. The Balaban J connectivity index is 1.70. The Labute approximate surface area is 196 Å². The number of hydrogen-bond acceptors (Lipinski definition) is 5. The monoisotopic (exact) mass is 451 g/mol. The van der Waals surface area contributed by atoms with Crippen LogP contribution in [0.2, 0.25) is 0 Å². The van der Waals surface area contributed by atoms with Crippen molar-refractivity contribution >= 4 is 23.0 Å². The molecular formula is C26H37N5O2. The van der Waals surface area contributed by atoms with Crippen LogP contribution in [0.3, 0.4) is 0 Å². The maximum atomic E-state index is 12.8. The Morgan fingerprint density at radius 3 is 2.39 bits per heavy atom. The smallest absolute Gasteiger partial charge is 0.291 e. The molecule has 7 nitrogen and oxygen atoms in total. The van der Waals surface area contributed by atoms with E-state index in [1.165, 1.54) is 11.8 Å². The fourth-order valence-electron chi connectivity index (χ4n) is 5.27. The molecular weight excluding hydrogens is 414 g/mol. The van der Waals surface area contributed by atoms with Gasteiger partial charge >= 0.3 is 0 Å². The number of nitrogens with two attached hydrogens (primary N) is 1. The second kappa shape index (κ2) is 8.28. The van der Waals surface area contributed by atoms with Crippen LogP contribution in [0, 0.1) is 5.41 Å². The topological polar surface area (TPSA) is 106 Å². The number of nitrogen functional groups attached to an aromatic ring is 1. The first kappa shape index (κ1) is 23.5. The van der Waals surface area contributed by atoms with Gasteiger partial charge in [0.1, 0.15) is 5.82 Å². The summed E-state index contributed by atoms with van der Waals surface area (Å²) in [7, 11) is 0. The third-order valence-corrected chi connectivity index (χ3v) is 6.70. The van der Waals surface area contributed by atoms with Gasteiger partial charge in [-0.1, -0.05) is 19.9 Å². The minimum atomic E-state index is -0.326. The van der Waals surface area contributed by atoms with E-state index in [9.17, 15) is 4.79 Å². The first-order valence-corrected chi connectivity index (χ1v) is 11.9. The van der Waals surface area contributed by atoms with Gasteiger partial charge in [0, 0.05) is 17.8 Å². The summed E-state index contributed by atoms with van der Waals surface area (Å²) in [6.45, 7) is 13.2. The quantitative estimate of drug-likeness (QED) is 0.554. The molecule has 33 heavy (non-hydrogen) atoms. The number of hydrogen-bond donors (Lipinski definition) is 3. The summed E-state index contributed by atoms with van der Waals surface area (Å²) in [4.78, 5) is 24.8. The van der Waals surface area contributed by atoms with E-state index in [4.69, 9.17) is 15.5 Å². The van der Waals surface area contributed by atoms with Crippen molar-refractivity contribution in [3.63, 3.8) is 0 Å². The van der Waals surface area contributed by atoms with Crippen LogP contribution in [0.5, 0.6) is 0 Å². The Morgan fingerprint density at radius 2 is 1.82 bits per heavy atom. The van der Waals surface area contributed by atoms with Crippen molar-refractivity contribution in [2.24, 2.45) is 5.41 Å². The number of rotatable bonds is 4. The van der Waals surface area contributed by atoms with Gasteiger partial charge in [-0.2, -0.15) is 0 Å². The van der Waals surface area contributed by atoms with E-state index in [-0.39, 0.29) is 40.1 Å². The van der Waals surface area contributed by atoms with Crippen LogP contribution < -0.4 is 11.1 Å². The van der Waals surface area contributed by atoms with Gasteiger partial charge in [-0.05, 0) is 82.9 Å². The fraction of sp³-hybridized carbons (Fsp3) is 0.577. The zero-order valence-corrected chi connectivity index (χ0v) is 20.7. The number of nitrogens with zero attached hydrogens (tertiary/aromatic N) is 2. The Morgan fingerprint density at radius 1 is 1.12 bits per heavy atom. The van der Waals surface area contributed by atoms with Crippen LogP contribution in [-0.4, -0.2) is 32.1 Å². The number of pyridine rings is 1. The molecule has 1 aliphatic heterocycles. The van der Waals surface area contributed by atoms with Crippen LogP contribution in [0.1, 0.15) is 102 Å². The molecule has 0 atom stereocenters. The zero-order chi connectivity index (χ0) is 24.0. The molecule has 4 N–H and O–H groups in total. The summed E-state index contributed by atoms with van der Waals surface area (Å²) in [6, 6.07) is 4.03. The number of nitrogens with one attached hydrogen (secondary N) is 2. The van der Waals surface area contributed by atoms with Crippen molar-refractivity contribution in [1.82, 2.24) is 15.0 Å². The second-order valence-corrected chi connectivity index (χ2v) is 11.6. The molecule has 2 aliphatic rings. The number of ether oxygens (including phenoxy) is 1.